The summed E-state index contributed by atoms with van der Waals surface area (Å²) in [5.41, 5.74) is 2.42. The first kappa shape index (κ1) is 16.5. The number of carbonyl (C=O) groups is 1. The highest BCUT2D eigenvalue weighted by Gasteiger charge is 2.12. The van der Waals surface area contributed by atoms with E-state index in [1.807, 2.05) is 30.3 Å². The fraction of sp³-hybridized carbons (Fsp3) is 0.100. The maximum Gasteiger partial charge on any atom is 0.251 e. The molecule has 0 aliphatic rings. The van der Waals surface area contributed by atoms with Gasteiger partial charge in [-0.2, -0.15) is 5.26 Å². The number of rotatable bonds is 5. The highest BCUT2D eigenvalue weighted by Crippen LogP contribution is 2.22. The van der Waals surface area contributed by atoms with Crippen molar-refractivity contribution in [3.63, 3.8) is 0 Å². The molecular weight excluding hydrogens is 316 g/mol. The van der Waals surface area contributed by atoms with E-state index in [0.29, 0.717) is 16.7 Å². The van der Waals surface area contributed by atoms with Crippen LogP contribution in [0.15, 0.2) is 71.3 Å². The van der Waals surface area contributed by atoms with Crippen molar-refractivity contribution in [2.45, 2.75) is 6.10 Å². The minimum absolute atomic E-state index is 0.0791. The lowest BCUT2D eigenvalue weighted by Crippen LogP contribution is -2.28. The monoisotopic (exact) mass is 332 g/mol. The van der Waals surface area contributed by atoms with Gasteiger partial charge < -0.3 is 14.8 Å². The van der Waals surface area contributed by atoms with Crippen LogP contribution >= 0.6 is 0 Å². The topological polar surface area (TPSA) is 86.3 Å². The molecule has 1 atom stereocenters. The third-order valence-electron chi connectivity index (χ3n) is 3.81. The average molecular weight is 332 g/mol. The first-order chi connectivity index (χ1) is 12.2. The summed E-state index contributed by atoms with van der Waals surface area (Å²) < 4.78 is 5.32. The van der Waals surface area contributed by atoms with Crippen LogP contribution in [0.2, 0.25) is 0 Å². The predicted molar refractivity (Wildman–Crippen MR) is 92.6 cm³/mol. The SMILES string of the molecule is N#Cc1cccc(C(=O)NC[C@@H](O)c2ccc(-c3ccco3)cc2)c1. The quantitative estimate of drug-likeness (QED) is 0.751. The van der Waals surface area contributed by atoms with E-state index in [4.69, 9.17) is 9.68 Å². The Bertz CT molecular complexity index is 893. The van der Waals surface area contributed by atoms with E-state index in [1.165, 1.54) is 6.07 Å². The number of hydrogen-bond acceptors (Lipinski definition) is 4. The molecule has 1 heterocycles. The largest absolute Gasteiger partial charge is 0.464 e. The molecule has 0 aliphatic carbocycles. The third-order valence-corrected chi connectivity index (χ3v) is 3.81. The van der Waals surface area contributed by atoms with Gasteiger partial charge in [-0.1, -0.05) is 30.3 Å². The van der Waals surface area contributed by atoms with Crippen LogP contribution in [0.4, 0.5) is 0 Å². The molecule has 2 aromatic carbocycles. The van der Waals surface area contributed by atoms with Crippen LogP contribution in [0.5, 0.6) is 0 Å². The Morgan fingerprint density at radius 1 is 1.16 bits per heavy atom. The van der Waals surface area contributed by atoms with Crippen molar-refractivity contribution >= 4 is 5.91 Å². The highest BCUT2D eigenvalue weighted by molar-refractivity contribution is 5.94. The molecule has 0 radical (unpaired) electrons. The second-order valence-corrected chi connectivity index (χ2v) is 5.52. The number of nitrogens with zero attached hydrogens (tertiary/aromatic N) is 1. The summed E-state index contributed by atoms with van der Waals surface area (Å²) in [6.45, 7) is 0.0791. The lowest BCUT2D eigenvalue weighted by Gasteiger charge is -2.13. The molecule has 1 aromatic heterocycles. The number of benzene rings is 2. The van der Waals surface area contributed by atoms with Gasteiger partial charge in [0.15, 0.2) is 0 Å². The maximum absolute atomic E-state index is 12.1. The van der Waals surface area contributed by atoms with E-state index >= 15 is 0 Å². The first-order valence-corrected chi connectivity index (χ1v) is 7.77. The van der Waals surface area contributed by atoms with E-state index < -0.39 is 6.10 Å². The molecule has 0 unspecified atom stereocenters. The molecule has 2 N–H and O–H groups in total. The van der Waals surface area contributed by atoms with Crippen molar-refractivity contribution in [1.82, 2.24) is 5.32 Å². The number of hydrogen-bond donors (Lipinski definition) is 2. The summed E-state index contributed by atoms with van der Waals surface area (Å²) in [5, 5.41) is 21.8. The van der Waals surface area contributed by atoms with Gasteiger partial charge in [0.2, 0.25) is 0 Å². The summed E-state index contributed by atoms with van der Waals surface area (Å²) >= 11 is 0. The molecule has 124 valence electrons. The number of nitriles is 1. The van der Waals surface area contributed by atoms with Crippen LogP contribution in [0.3, 0.4) is 0 Å². The van der Waals surface area contributed by atoms with Gasteiger partial charge in [-0.15, -0.1) is 0 Å². The van der Waals surface area contributed by atoms with Gasteiger partial charge in [-0.3, -0.25) is 4.79 Å². The van der Waals surface area contributed by atoms with E-state index in [0.717, 1.165) is 11.3 Å². The molecule has 5 heteroatoms. The fourth-order valence-electron chi connectivity index (χ4n) is 2.45. The van der Waals surface area contributed by atoms with Crippen molar-refractivity contribution in [1.29, 1.82) is 5.26 Å². The number of furan rings is 1. The smallest absolute Gasteiger partial charge is 0.251 e. The Labute approximate surface area is 145 Å². The van der Waals surface area contributed by atoms with Gasteiger partial charge in [-0.25, -0.2) is 0 Å². The molecule has 0 saturated carbocycles. The summed E-state index contributed by atoms with van der Waals surface area (Å²) in [6.07, 6.45) is 0.781. The molecule has 3 rings (SSSR count). The number of aliphatic hydroxyl groups is 1. The van der Waals surface area contributed by atoms with Gasteiger partial charge in [0.25, 0.3) is 5.91 Å². The molecule has 0 aliphatic heterocycles. The molecule has 3 aromatic rings. The van der Waals surface area contributed by atoms with Gasteiger partial charge in [0, 0.05) is 17.7 Å². The van der Waals surface area contributed by atoms with Crippen LogP contribution in [0, 0.1) is 11.3 Å². The Kier molecular flexibility index (Phi) is 4.93. The lowest BCUT2D eigenvalue weighted by atomic mass is 10.1. The first-order valence-electron chi connectivity index (χ1n) is 7.77. The number of carbonyl (C=O) groups excluding carboxylic acids is 1. The third kappa shape index (κ3) is 3.94. The molecular formula is C20H16N2O3. The van der Waals surface area contributed by atoms with E-state index in [-0.39, 0.29) is 12.5 Å². The van der Waals surface area contributed by atoms with Gasteiger partial charge >= 0.3 is 0 Å². The Balaban J connectivity index is 1.61. The second-order valence-electron chi connectivity index (χ2n) is 5.52. The average Bonchev–Trinajstić information content (AvgIpc) is 3.20. The molecule has 0 saturated heterocycles. The maximum atomic E-state index is 12.1. The van der Waals surface area contributed by atoms with Gasteiger partial charge in [-0.05, 0) is 35.9 Å². The zero-order chi connectivity index (χ0) is 17.6. The van der Waals surface area contributed by atoms with Crippen LogP contribution in [-0.2, 0) is 0 Å². The Morgan fingerprint density at radius 3 is 2.64 bits per heavy atom. The van der Waals surface area contributed by atoms with Crippen LogP contribution in [0.1, 0.15) is 27.6 Å². The van der Waals surface area contributed by atoms with E-state index in [1.54, 1.807) is 36.6 Å². The van der Waals surface area contributed by atoms with Gasteiger partial charge in [0.05, 0.1) is 24.0 Å². The Hall–Kier alpha value is -3.36. The molecule has 25 heavy (non-hydrogen) atoms. The van der Waals surface area contributed by atoms with Crippen molar-refractivity contribution < 1.29 is 14.3 Å². The number of aliphatic hydroxyl groups excluding tert-OH is 1. The van der Waals surface area contributed by atoms with Crippen molar-refractivity contribution in [3.8, 4) is 17.4 Å². The molecule has 1 amide bonds. The molecule has 5 nitrogen and oxygen atoms in total. The minimum Gasteiger partial charge on any atom is -0.464 e. The molecule has 0 spiro atoms. The van der Waals surface area contributed by atoms with Crippen LogP contribution in [0.25, 0.3) is 11.3 Å². The van der Waals surface area contributed by atoms with Crippen molar-refractivity contribution in [2.24, 2.45) is 0 Å². The molecule has 0 fully saturated rings. The van der Waals surface area contributed by atoms with Crippen LogP contribution < -0.4 is 5.32 Å². The fourth-order valence-corrected chi connectivity index (χ4v) is 2.45. The van der Waals surface area contributed by atoms with Crippen molar-refractivity contribution in [2.75, 3.05) is 6.54 Å². The van der Waals surface area contributed by atoms with E-state index in [2.05, 4.69) is 5.32 Å². The minimum atomic E-state index is -0.825. The predicted octanol–water partition coefficient (Wildman–Crippen LogP) is 3.28. The lowest BCUT2D eigenvalue weighted by molar-refractivity contribution is 0.0916. The zero-order valence-electron chi connectivity index (χ0n) is 13.3. The zero-order valence-corrected chi connectivity index (χ0v) is 13.3. The standard InChI is InChI=1S/C20H16N2O3/c21-12-14-3-1-4-17(11-14)20(24)22-13-18(23)15-6-8-16(9-7-15)19-5-2-10-25-19/h1-11,18,23H,13H2,(H,22,24)/t18-/m1/s1. The van der Waals surface area contributed by atoms with Crippen LogP contribution in [-0.4, -0.2) is 17.6 Å². The van der Waals surface area contributed by atoms with Gasteiger partial charge in [0.1, 0.15) is 5.76 Å². The van der Waals surface area contributed by atoms with E-state index in [9.17, 15) is 9.90 Å². The number of amides is 1. The summed E-state index contributed by atoms with van der Waals surface area (Å²) in [6, 6.07) is 19.4. The Morgan fingerprint density at radius 2 is 1.96 bits per heavy atom. The summed E-state index contributed by atoms with van der Waals surface area (Å²) in [7, 11) is 0. The number of nitrogens with one attached hydrogen (secondary N) is 1. The highest BCUT2D eigenvalue weighted by atomic mass is 16.3. The normalized spacial score (nSPS) is 11.5. The second kappa shape index (κ2) is 7.47. The summed E-state index contributed by atoms with van der Waals surface area (Å²) in [4.78, 5) is 12.1. The summed E-state index contributed by atoms with van der Waals surface area (Å²) in [5.74, 6) is 0.426. The molecule has 0 bridgehead atoms. The van der Waals surface area contributed by atoms with Crippen molar-refractivity contribution in [3.05, 3.63) is 83.6 Å².